The highest BCUT2D eigenvalue weighted by molar-refractivity contribution is 6.42. The summed E-state index contributed by atoms with van der Waals surface area (Å²) in [6.45, 7) is 3.45. The van der Waals surface area contributed by atoms with Crippen LogP contribution in [0.5, 0.6) is 0 Å². The molecule has 2 aliphatic rings. The van der Waals surface area contributed by atoms with Crippen LogP contribution in [0, 0.1) is 0 Å². The molecule has 2 fully saturated rings. The number of likely N-dealkylation sites (N-methyl/N-ethyl adjacent to an activating group) is 1. The SMILES string of the molecule is CN(C)C(=O)C1(c2ccccc2)CCN(CCC2(c3ccc(Cl)c(Cl)c3)CN(C(=O)c3cnccn3)CCO2)CC1. The summed E-state index contributed by atoms with van der Waals surface area (Å²) in [6, 6.07) is 15.7. The number of morpholine rings is 1. The van der Waals surface area contributed by atoms with Crippen molar-refractivity contribution >= 4 is 35.0 Å². The van der Waals surface area contributed by atoms with Gasteiger partial charge >= 0.3 is 0 Å². The molecule has 41 heavy (non-hydrogen) atoms. The van der Waals surface area contributed by atoms with Gasteiger partial charge in [-0.15, -0.1) is 0 Å². The van der Waals surface area contributed by atoms with Crippen molar-refractivity contribution in [2.24, 2.45) is 0 Å². The molecular weight excluding hydrogens is 561 g/mol. The van der Waals surface area contributed by atoms with Gasteiger partial charge in [0.15, 0.2) is 0 Å². The number of carbonyl (C=O) groups excluding carboxylic acids is 2. The van der Waals surface area contributed by atoms with E-state index in [0.717, 1.165) is 43.6 Å². The Kier molecular flexibility index (Phi) is 8.94. The van der Waals surface area contributed by atoms with Crippen LogP contribution in [0.4, 0.5) is 0 Å². The molecule has 0 spiro atoms. The Hall–Kier alpha value is -3.04. The first-order valence-corrected chi connectivity index (χ1v) is 14.6. The summed E-state index contributed by atoms with van der Waals surface area (Å²) in [7, 11) is 3.66. The molecule has 0 bridgehead atoms. The largest absolute Gasteiger partial charge is 0.367 e. The lowest BCUT2D eigenvalue weighted by Gasteiger charge is -2.46. The summed E-state index contributed by atoms with van der Waals surface area (Å²) in [5.74, 6) is -0.0388. The number of nitrogens with zero attached hydrogens (tertiary/aromatic N) is 5. The van der Waals surface area contributed by atoms with Gasteiger partial charge in [0, 0.05) is 39.6 Å². The van der Waals surface area contributed by atoms with Gasteiger partial charge in [0.2, 0.25) is 5.91 Å². The van der Waals surface area contributed by atoms with Gasteiger partial charge in [-0.3, -0.25) is 14.6 Å². The van der Waals surface area contributed by atoms with E-state index < -0.39 is 11.0 Å². The molecule has 2 aromatic carbocycles. The van der Waals surface area contributed by atoms with Gasteiger partial charge in [-0.2, -0.15) is 0 Å². The third-order valence-electron chi connectivity index (χ3n) is 8.38. The molecule has 3 heterocycles. The summed E-state index contributed by atoms with van der Waals surface area (Å²) >= 11 is 12.7. The molecular formula is C31H35Cl2N5O3. The topological polar surface area (TPSA) is 78.9 Å². The molecule has 1 atom stereocenters. The van der Waals surface area contributed by atoms with E-state index in [1.807, 2.05) is 44.4 Å². The molecule has 1 aromatic heterocycles. The van der Waals surface area contributed by atoms with Crippen molar-refractivity contribution in [1.82, 2.24) is 24.7 Å². The van der Waals surface area contributed by atoms with Gasteiger partial charge in [0.05, 0.1) is 34.8 Å². The number of ether oxygens (including phenoxy) is 1. The molecule has 10 heteroatoms. The maximum Gasteiger partial charge on any atom is 0.274 e. The Labute approximate surface area is 251 Å². The monoisotopic (exact) mass is 595 g/mol. The van der Waals surface area contributed by atoms with Crippen molar-refractivity contribution in [3.63, 3.8) is 0 Å². The van der Waals surface area contributed by atoms with E-state index in [-0.39, 0.29) is 11.8 Å². The molecule has 5 rings (SSSR count). The first kappa shape index (κ1) is 29.5. The molecule has 2 saturated heterocycles. The fourth-order valence-electron chi connectivity index (χ4n) is 6.09. The summed E-state index contributed by atoms with van der Waals surface area (Å²) in [6.07, 6.45) is 6.65. The normalized spacial score (nSPS) is 20.9. The average molecular weight is 597 g/mol. The third kappa shape index (κ3) is 6.11. The lowest BCUT2D eigenvalue weighted by atomic mass is 9.71. The Balaban J connectivity index is 1.36. The Bertz CT molecular complexity index is 1370. The minimum atomic E-state index is -0.780. The van der Waals surface area contributed by atoms with Gasteiger partial charge in [0.25, 0.3) is 5.91 Å². The lowest BCUT2D eigenvalue weighted by Crippen LogP contribution is -2.54. The minimum absolute atomic E-state index is 0.143. The number of rotatable bonds is 7. The number of piperidine rings is 1. The number of aromatic nitrogens is 2. The van der Waals surface area contributed by atoms with Crippen LogP contribution in [0.3, 0.4) is 0 Å². The Morgan fingerprint density at radius 1 is 0.976 bits per heavy atom. The molecule has 2 aliphatic heterocycles. The molecule has 0 radical (unpaired) electrons. The van der Waals surface area contributed by atoms with E-state index in [0.29, 0.717) is 41.9 Å². The van der Waals surface area contributed by atoms with Crippen molar-refractivity contribution in [1.29, 1.82) is 0 Å². The smallest absolute Gasteiger partial charge is 0.274 e. The van der Waals surface area contributed by atoms with E-state index in [1.54, 1.807) is 22.1 Å². The molecule has 1 unspecified atom stereocenters. The highest BCUT2D eigenvalue weighted by atomic mass is 35.5. The van der Waals surface area contributed by atoms with Gasteiger partial charge < -0.3 is 19.4 Å². The van der Waals surface area contributed by atoms with E-state index in [2.05, 4.69) is 27.0 Å². The van der Waals surface area contributed by atoms with E-state index in [4.69, 9.17) is 27.9 Å². The van der Waals surface area contributed by atoms with Crippen molar-refractivity contribution in [3.05, 3.63) is 94.0 Å². The van der Waals surface area contributed by atoms with Crippen LogP contribution in [-0.2, 0) is 20.5 Å². The first-order valence-electron chi connectivity index (χ1n) is 13.9. The standard InChI is InChI=1S/C31H35Cl2N5O3/c1-36(2)29(40)30(23-6-4-3-5-7-23)10-15-37(16-11-30)17-12-31(24-8-9-25(32)26(33)20-24)22-38(18-19-41-31)28(39)27-21-34-13-14-35-27/h3-9,13-14,20-21H,10-12,15-19,22H2,1-2H3. The summed E-state index contributed by atoms with van der Waals surface area (Å²) in [4.78, 5) is 41.0. The molecule has 0 N–H and O–H groups in total. The van der Waals surface area contributed by atoms with Gasteiger partial charge in [-0.05, 0) is 55.6 Å². The highest BCUT2D eigenvalue weighted by Crippen LogP contribution is 2.40. The molecule has 2 amide bonds. The number of carbonyl (C=O) groups is 2. The number of hydrogen-bond donors (Lipinski definition) is 0. The molecule has 3 aromatic rings. The predicted molar refractivity (Wildman–Crippen MR) is 159 cm³/mol. The summed E-state index contributed by atoms with van der Waals surface area (Å²) in [5, 5.41) is 0.907. The number of likely N-dealkylation sites (tertiary alicyclic amines) is 1. The third-order valence-corrected chi connectivity index (χ3v) is 9.12. The second-order valence-corrected chi connectivity index (χ2v) is 11.8. The summed E-state index contributed by atoms with van der Waals surface area (Å²) < 4.78 is 6.51. The average Bonchev–Trinajstić information content (AvgIpc) is 3.02. The molecule has 8 nitrogen and oxygen atoms in total. The van der Waals surface area contributed by atoms with Crippen molar-refractivity contribution < 1.29 is 14.3 Å². The van der Waals surface area contributed by atoms with Crippen LogP contribution in [0.15, 0.2) is 67.1 Å². The molecule has 216 valence electrons. The zero-order valence-electron chi connectivity index (χ0n) is 23.4. The van der Waals surface area contributed by atoms with E-state index in [1.165, 1.54) is 12.4 Å². The maximum atomic E-state index is 13.5. The second-order valence-electron chi connectivity index (χ2n) is 11.0. The molecule has 0 aliphatic carbocycles. The minimum Gasteiger partial charge on any atom is -0.367 e. The van der Waals surface area contributed by atoms with Crippen molar-refractivity contribution in [2.75, 3.05) is 53.4 Å². The Morgan fingerprint density at radius 3 is 2.39 bits per heavy atom. The van der Waals surface area contributed by atoms with Crippen LogP contribution in [-0.4, -0.2) is 89.9 Å². The highest BCUT2D eigenvalue weighted by Gasteiger charge is 2.45. The van der Waals surface area contributed by atoms with Gasteiger partial charge in [-0.1, -0.05) is 59.6 Å². The zero-order chi connectivity index (χ0) is 29.0. The number of hydrogen-bond acceptors (Lipinski definition) is 6. The number of halogens is 2. The number of amides is 2. The zero-order valence-corrected chi connectivity index (χ0v) is 24.9. The van der Waals surface area contributed by atoms with E-state index >= 15 is 0 Å². The fraction of sp³-hybridized carbons (Fsp3) is 0.419. The van der Waals surface area contributed by atoms with Crippen LogP contribution < -0.4 is 0 Å². The maximum absolute atomic E-state index is 13.5. The molecule has 0 saturated carbocycles. The Morgan fingerprint density at radius 2 is 1.73 bits per heavy atom. The number of benzene rings is 2. The first-order chi connectivity index (χ1) is 19.7. The fourth-order valence-corrected chi connectivity index (χ4v) is 6.39. The van der Waals surface area contributed by atoms with Crippen LogP contribution in [0.1, 0.15) is 40.9 Å². The van der Waals surface area contributed by atoms with E-state index in [9.17, 15) is 9.59 Å². The van der Waals surface area contributed by atoms with Crippen molar-refractivity contribution in [2.45, 2.75) is 30.3 Å². The van der Waals surface area contributed by atoms with Gasteiger partial charge in [-0.25, -0.2) is 4.98 Å². The second kappa shape index (κ2) is 12.4. The lowest BCUT2D eigenvalue weighted by molar-refractivity contribution is -0.137. The van der Waals surface area contributed by atoms with Crippen LogP contribution in [0.2, 0.25) is 10.0 Å². The quantitative estimate of drug-likeness (QED) is 0.395. The van der Waals surface area contributed by atoms with Crippen molar-refractivity contribution in [3.8, 4) is 0 Å². The van der Waals surface area contributed by atoms with Crippen LogP contribution >= 0.6 is 23.2 Å². The predicted octanol–water partition coefficient (Wildman–Crippen LogP) is 4.66. The van der Waals surface area contributed by atoms with Gasteiger partial charge in [0.1, 0.15) is 11.3 Å². The summed E-state index contributed by atoms with van der Waals surface area (Å²) in [5.41, 5.74) is 0.930. The van der Waals surface area contributed by atoms with Crippen LogP contribution in [0.25, 0.3) is 0 Å².